The topological polar surface area (TPSA) is 72.2 Å². The predicted octanol–water partition coefficient (Wildman–Crippen LogP) is 1.61. The van der Waals surface area contributed by atoms with Gasteiger partial charge in [0.2, 0.25) is 10.0 Å². The molecule has 0 unspecified atom stereocenters. The minimum absolute atomic E-state index is 0.227. The van der Waals surface area contributed by atoms with Crippen molar-refractivity contribution in [3.8, 4) is 0 Å². The smallest absolute Gasteiger partial charge is 0.240 e. The molecule has 6 heteroatoms. The SMILES string of the molecule is CSCCCNS(=O)(=O)c1ccc(C)c(N)c1. The first-order valence-corrected chi connectivity index (χ1v) is 8.20. The highest BCUT2D eigenvalue weighted by Gasteiger charge is 2.13. The summed E-state index contributed by atoms with van der Waals surface area (Å²) in [5.74, 6) is 0.943. The molecule has 0 spiro atoms. The summed E-state index contributed by atoms with van der Waals surface area (Å²) in [6, 6.07) is 4.78. The molecule has 1 aromatic carbocycles. The van der Waals surface area contributed by atoms with Gasteiger partial charge in [0.1, 0.15) is 0 Å². The van der Waals surface area contributed by atoms with Crippen molar-refractivity contribution in [1.29, 1.82) is 0 Å². The molecule has 0 amide bonds. The Kier molecular flexibility index (Phi) is 5.30. The summed E-state index contributed by atoms with van der Waals surface area (Å²) in [7, 11) is -3.42. The largest absolute Gasteiger partial charge is 0.398 e. The van der Waals surface area contributed by atoms with Crippen LogP contribution in [-0.2, 0) is 10.0 Å². The van der Waals surface area contributed by atoms with E-state index in [1.54, 1.807) is 23.9 Å². The second-order valence-electron chi connectivity index (χ2n) is 3.76. The maximum absolute atomic E-state index is 11.9. The van der Waals surface area contributed by atoms with Gasteiger partial charge in [0.15, 0.2) is 0 Å². The van der Waals surface area contributed by atoms with Crippen molar-refractivity contribution in [1.82, 2.24) is 4.72 Å². The van der Waals surface area contributed by atoms with Crippen LogP contribution in [0.4, 0.5) is 5.69 Å². The first kappa shape index (κ1) is 14.3. The summed E-state index contributed by atoms with van der Waals surface area (Å²) in [5.41, 5.74) is 7.08. The van der Waals surface area contributed by atoms with E-state index in [1.807, 2.05) is 13.2 Å². The lowest BCUT2D eigenvalue weighted by molar-refractivity contribution is 0.581. The fraction of sp³-hybridized carbons (Fsp3) is 0.455. The number of nitrogen functional groups attached to an aromatic ring is 1. The van der Waals surface area contributed by atoms with Crippen LogP contribution in [0, 0.1) is 6.92 Å². The van der Waals surface area contributed by atoms with Gasteiger partial charge in [0.05, 0.1) is 4.90 Å². The van der Waals surface area contributed by atoms with Crippen molar-refractivity contribution < 1.29 is 8.42 Å². The third-order valence-corrected chi connectivity index (χ3v) is 4.53. The molecule has 0 aliphatic heterocycles. The highest BCUT2D eigenvalue weighted by molar-refractivity contribution is 7.98. The van der Waals surface area contributed by atoms with E-state index in [0.29, 0.717) is 12.2 Å². The van der Waals surface area contributed by atoms with Crippen LogP contribution in [0.5, 0.6) is 0 Å². The van der Waals surface area contributed by atoms with Gasteiger partial charge in [-0.15, -0.1) is 0 Å². The minimum atomic E-state index is -3.42. The Morgan fingerprint density at radius 2 is 2.12 bits per heavy atom. The Balaban J connectivity index is 2.72. The number of thioether (sulfide) groups is 1. The van der Waals surface area contributed by atoms with E-state index in [1.165, 1.54) is 6.07 Å². The number of sulfonamides is 1. The molecule has 17 heavy (non-hydrogen) atoms. The number of nitrogens with one attached hydrogen (secondary N) is 1. The van der Waals surface area contributed by atoms with E-state index in [0.717, 1.165) is 17.7 Å². The van der Waals surface area contributed by atoms with E-state index < -0.39 is 10.0 Å². The van der Waals surface area contributed by atoms with E-state index in [4.69, 9.17) is 5.73 Å². The van der Waals surface area contributed by atoms with E-state index in [2.05, 4.69) is 4.72 Å². The zero-order valence-electron chi connectivity index (χ0n) is 10.1. The van der Waals surface area contributed by atoms with Crippen LogP contribution in [0.3, 0.4) is 0 Å². The maximum atomic E-state index is 11.9. The van der Waals surface area contributed by atoms with E-state index in [-0.39, 0.29) is 4.90 Å². The van der Waals surface area contributed by atoms with Gasteiger partial charge in [0.25, 0.3) is 0 Å². The highest BCUT2D eigenvalue weighted by atomic mass is 32.2. The zero-order chi connectivity index (χ0) is 12.9. The van der Waals surface area contributed by atoms with Crippen molar-refractivity contribution in [2.45, 2.75) is 18.2 Å². The van der Waals surface area contributed by atoms with Crippen LogP contribution >= 0.6 is 11.8 Å². The molecule has 0 saturated carbocycles. The Hall–Kier alpha value is -0.720. The summed E-state index contributed by atoms with van der Waals surface area (Å²) in [6.45, 7) is 2.30. The Labute approximate surface area is 107 Å². The molecule has 0 radical (unpaired) electrons. The van der Waals surface area contributed by atoms with Gasteiger partial charge in [-0.3, -0.25) is 0 Å². The summed E-state index contributed by atoms with van der Waals surface area (Å²) in [4.78, 5) is 0.227. The zero-order valence-corrected chi connectivity index (χ0v) is 11.7. The molecule has 0 aliphatic carbocycles. The lowest BCUT2D eigenvalue weighted by atomic mass is 10.2. The van der Waals surface area contributed by atoms with Gasteiger partial charge >= 0.3 is 0 Å². The molecular formula is C11H18N2O2S2. The minimum Gasteiger partial charge on any atom is -0.398 e. The number of rotatable bonds is 6. The van der Waals surface area contributed by atoms with Crippen molar-refractivity contribution in [3.05, 3.63) is 23.8 Å². The number of aryl methyl sites for hydroxylation is 1. The first-order chi connectivity index (χ1) is 7.97. The van der Waals surface area contributed by atoms with Gasteiger partial charge in [0, 0.05) is 12.2 Å². The number of nitrogens with two attached hydrogens (primary N) is 1. The number of hydrogen-bond acceptors (Lipinski definition) is 4. The molecule has 1 aromatic rings. The van der Waals surface area contributed by atoms with E-state index >= 15 is 0 Å². The molecule has 0 aliphatic rings. The van der Waals surface area contributed by atoms with E-state index in [9.17, 15) is 8.42 Å². The van der Waals surface area contributed by atoms with Gasteiger partial charge in [-0.2, -0.15) is 11.8 Å². The second-order valence-corrected chi connectivity index (χ2v) is 6.52. The third kappa shape index (κ3) is 4.22. The van der Waals surface area contributed by atoms with Crippen molar-refractivity contribution in [2.24, 2.45) is 0 Å². The lowest BCUT2D eigenvalue weighted by Gasteiger charge is -2.08. The summed E-state index contributed by atoms with van der Waals surface area (Å²) >= 11 is 1.70. The third-order valence-electron chi connectivity index (χ3n) is 2.38. The molecule has 3 N–H and O–H groups in total. The van der Waals surface area contributed by atoms with Gasteiger partial charge in [-0.25, -0.2) is 13.1 Å². The molecule has 4 nitrogen and oxygen atoms in total. The Bertz CT molecular complexity index is 472. The molecule has 96 valence electrons. The normalized spacial score (nSPS) is 11.6. The van der Waals surface area contributed by atoms with Crippen LogP contribution in [0.1, 0.15) is 12.0 Å². The van der Waals surface area contributed by atoms with Gasteiger partial charge < -0.3 is 5.73 Å². The average molecular weight is 274 g/mol. The quantitative estimate of drug-likeness (QED) is 0.610. The molecule has 0 saturated heterocycles. The van der Waals surface area contributed by atoms with Crippen LogP contribution in [0.2, 0.25) is 0 Å². The molecule has 0 heterocycles. The number of hydrogen-bond donors (Lipinski definition) is 2. The molecule has 1 rings (SSSR count). The standard InChI is InChI=1S/C11H18N2O2S2/c1-9-4-5-10(8-11(9)12)17(14,15)13-6-3-7-16-2/h4-5,8,13H,3,6-7,12H2,1-2H3. The summed E-state index contributed by atoms with van der Waals surface area (Å²) in [5, 5.41) is 0. The predicted molar refractivity (Wildman–Crippen MR) is 73.8 cm³/mol. The summed E-state index contributed by atoms with van der Waals surface area (Å²) in [6.07, 6.45) is 2.82. The molecule has 0 fully saturated rings. The van der Waals surface area contributed by atoms with Crippen molar-refractivity contribution in [3.63, 3.8) is 0 Å². The Morgan fingerprint density at radius 1 is 1.41 bits per heavy atom. The van der Waals surface area contributed by atoms with Crippen LogP contribution in [0.15, 0.2) is 23.1 Å². The first-order valence-electron chi connectivity index (χ1n) is 5.32. The van der Waals surface area contributed by atoms with Gasteiger partial charge in [-0.1, -0.05) is 6.07 Å². The number of benzene rings is 1. The lowest BCUT2D eigenvalue weighted by Crippen LogP contribution is -2.25. The van der Waals surface area contributed by atoms with Crippen LogP contribution in [0.25, 0.3) is 0 Å². The fourth-order valence-corrected chi connectivity index (χ4v) is 2.83. The molecule has 0 atom stereocenters. The Morgan fingerprint density at radius 3 is 2.71 bits per heavy atom. The number of anilines is 1. The molecule has 0 aromatic heterocycles. The molecular weight excluding hydrogens is 256 g/mol. The van der Waals surface area contributed by atoms with Gasteiger partial charge in [-0.05, 0) is 43.0 Å². The van der Waals surface area contributed by atoms with Crippen LogP contribution in [-0.4, -0.2) is 27.0 Å². The van der Waals surface area contributed by atoms with Crippen LogP contribution < -0.4 is 10.5 Å². The summed E-state index contributed by atoms with van der Waals surface area (Å²) < 4.78 is 26.3. The molecule has 0 bridgehead atoms. The monoisotopic (exact) mass is 274 g/mol. The maximum Gasteiger partial charge on any atom is 0.240 e. The van der Waals surface area contributed by atoms with Crippen molar-refractivity contribution >= 4 is 27.5 Å². The average Bonchev–Trinajstić information content (AvgIpc) is 2.28. The second kappa shape index (κ2) is 6.28. The highest BCUT2D eigenvalue weighted by Crippen LogP contribution is 2.16. The van der Waals surface area contributed by atoms with Crippen molar-refractivity contribution in [2.75, 3.05) is 24.3 Å². The fourth-order valence-electron chi connectivity index (χ4n) is 1.29.